The molecule has 28 heavy (non-hydrogen) atoms. The first-order valence-corrected chi connectivity index (χ1v) is 11.2. The summed E-state index contributed by atoms with van der Waals surface area (Å²) in [5.41, 5.74) is 2.79. The van der Waals surface area contributed by atoms with Gasteiger partial charge < -0.3 is 4.90 Å². The van der Waals surface area contributed by atoms with Crippen LogP contribution in [0.3, 0.4) is 0 Å². The molecule has 0 saturated heterocycles. The van der Waals surface area contributed by atoms with Gasteiger partial charge in [-0.1, -0.05) is 18.2 Å². The number of halogens is 1. The third-order valence-electron chi connectivity index (χ3n) is 4.16. The Morgan fingerprint density at radius 3 is 2.79 bits per heavy atom. The van der Waals surface area contributed by atoms with Crippen LogP contribution < -0.4 is 0 Å². The van der Waals surface area contributed by atoms with E-state index in [1.54, 1.807) is 33.8 Å². The normalized spacial score (nSPS) is 10.9. The summed E-state index contributed by atoms with van der Waals surface area (Å²) in [6.45, 7) is 0.514. The molecule has 0 bridgehead atoms. The average molecular weight is 473 g/mol. The SMILES string of the molecule is CN(Cc1cnn(-c2ccccc2)c1)C(=O)Cc1csc(-c2cc(Br)cs2)n1. The molecular formula is C20H17BrN4OS2. The van der Waals surface area contributed by atoms with E-state index >= 15 is 0 Å². The lowest BCUT2D eigenvalue weighted by Crippen LogP contribution is -2.27. The van der Waals surface area contributed by atoms with Gasteiger partial charge in [-0.25, -0.2) is 9.67 Å². The number of thiazole rings is 1. The van der Waals surface area contributed by atoms with E-state index in [1.807, 2.05) is 65.1 Å². The van der Waals surface area contributed by atoms with Crippen LogP contribution in [0, 0.1) is 0 Å². The van der Waals surface area contributed by atoms with Crippen LogP contribution in [0.5, 0.6) is 0 Å². The van der Waals surface area contributed by atoms with Gasteiger partial charge in [0, 0.05) is 40.6 Å². The fraction of sp³-hybridized carbons (Fsp3) is 0.150. The van der Waals surface area contributed by atoms with Gasteiger partial charge in [0.1, 0.15) is 5.01 Å². The number of hydrogen-bond acceptors (Lipinski definition) is 5. The number of aromatic nitrogens is 3. The van der Waals surface area contributed by atoms with Gasteiger partial charge in [-0.2, -0.15) is 5.10 Å². The highest BCUT2D eigenvalue weighted by molar-refractivity contribution is 9.10. The van der Waals surface area contributed by atoms with Crippen molar-refractivity contribution in [3.63, 3.8) is 0 Å². The van der Waals surface area contributed by atoms with Crippen molar-refractivity contribution in [2.24, 2.45) is 0 Å². The van der Waals surface area contributed by atoms with Gasteiger partial charge in [-0.3, -0.25) is 4.79 Å². The molecule has 0 aliphatic heterocycles. The highest BCUT2D eigenvalue weighted by Crippen LogP contribution is 2.32. The van der Waals surface area contributed by atoms with Crippen LogP contribution in [0.4, 0.5) is 0 Å². The Hall–Kier alpha value is -2.29. The van der Waals surface area contributed by atoms with E-state index in [-0.39, 0.29) is 5.91 Å². The average Bonchev–Trinajstić information content (AvgIpc) is 3.43. The van der Waals surface area contributed by atoms with Crippen LogP contribution >= 0.6 is 38.6 Å². The number of thiophene rings is 1. The zero-order valence-electron chi connectivity index (χ0n) is 15.1. The van der Waals surface area contributed by atoms with Gasteiger partial charge in [0.05, 0.1) is 28.9 Å². The smallest absolute Gasteiger partial charge is 0.228 e. The van der Waals surface area contributed by atoms with E-state index in [1.165, 1.54) is 0 Å². The van der Waals surface area contributed by atoms with Gasteiger partial charge in [-0.05, 0) is 34.1 Å². The minimum absolute atomic E-state index is 0.0386. The molecule has 0 spiro atoms. The molecule has 4 aromatic rings. The van der Waals surface area contributed by atoms with Crippen molar-refractivity contribution in [2.45, 2.75) is 13.0 Å². The van der Waals surface area contributed by atoms with Crippen LogP contribution in [0.25, 0.3) is 15.6 Å². The number of nitrogens with zero attached hydrogens (tertiary/aromatic N) is 4. The van der Waals surface area contributed by atoms with Crippen molar-refractivity contribution >= 4 is 44.5 Å². The zero-order chi connectivity index (χ0) is 19.5. The topological polar surface area (TPSA) is 51.0 Å². The summed E-state index contributed by atoms with van der Waals surface area (Å²) in [6.07, 6.45) is 4.05. The zero-order valence-corrected chi connectivity index (χ0v) is 18.3. The molecule has 0 unspecified atom stereocenters. The Balaban J connectivity index is 1.38. The molecule has 0 fully saturated rings. The van der Waals surface area contributed by atoms with Gasteiger partial charge >= 0.3 is 0 Å². The first-order valence-electron chi connectivity index (χ1n) is 8.60. The lowest BCUT2D eigenvalue weighted by Gasteiger charge is -2.15. The molecule has 8 heteroatoms. The van der Waals surface area contributed by atoms with Gasteiger partial charge in [0.2, 0.25) is 5.91 Å². The van der Waals surface area contributed by atoms with E-state index in [4.69, 9.17) is 0 Å². The summed E-state index contributed by atoms with van der Waals surface area (Å²) in [7, 11) is 1.81. The van der Waals surface area contributed by atoms with Crippen molar-refractivity contribution in [3.8, 4) is 15.6 Å². The van der Waals surface area contributed by atoms with Crippen LogP contribution in [0.1, 0.15) is 11.3 Å². The number of amides is 1. The Bertz CT molecular complexity index is 1090. The summed E-state index contributed by atoms with van der Waals surface area (Å²) in [6, 6.07) is 12.0. The fourth-order valence-corrected chi connectivity index (χ4v) is 5.07. The highest BCUT2D eigenvalue weighted by atomic mass is 79.9. The summed E-state index contributed by atoms with van der Waals surface area (Å²) in [5.74, 6) is 0.0386. The molecule has 5 nitrogen and oxygen atoms in total. The molecule has 3 aromatic heterocycles. The van der Waals surface area contributed by atoms with Crippen LogP contribution in [-0.4, -0.2) is 32.6 Å². The molecular weight excluding hydrogens is 456 g/mol. The molecule has 0 atom stereocenters. The van der Waals surface area contributed by atoms with Gasteiger partial charge in [0.15, 0.2) is 0 Å². The van der Waals surface area contributed by atoms with Crippen LogP contribution in [0.15, 0.2) is 64.0 Å². The summed E-state index contributed by atoms with van der Waals surface area (Å²) in [5, 5.41) is 9.33. The lowest BCUT2D eigenvalue weighted by molar-refractivity contribution is -0.129. The first-order chi connectivity index (χ1) is 13.6. The van der Waals surface area contributed by atoms with Crippen LogP contribution in [0.2, 0.25) is 0 Å². The van der Waals surface area contributed by atoms with Gasteiger partial charge in [-0.15, -0.1) is 22.7 Å². The van der Waals surface area contributed by atoms with E-state index in [0.29, 0.717) is 13.0 Å². The number of carbonyl (C=O) groups is 1. The predicted molar refractivity (Wildman–Crippen MR) is 117 cm³/mol. The van der Waals surface area contributed by atoms with E-state index in [2.05, 4.69) is 26.0 Å². The van der Waals surface area contributed by atoms with Crippen molar-refractivity contribution in [1.82, 2.24) is 19.7 Å². The van der Waals surface area contributed by atoms with E-state index in [0.717, 1.165) is 31.3 Å². The maximum atomic E-state index is 12.6. The van der Waals surface area contributed by atoms with E-state index in [9.17, 15) is 4.79 Å². The standard InChI is InChI=1S/C20H17BrN4OS2/c1-24(10-14-9-22-25(11-14)17-5-3-2-4-6-17)19(26)8-16-13-28-20(23-16)18-7-15(21)12-27-18/h2-7,9,11-13H,8,10H2,1H3. The quantitative estimate of drug-likeness (QED) is 0.395. The summed E-state index contributed by atoms with van der Waals surface area (Å²) < 4.78 is 2.87. The minimum Gasteiger partial charge on any atom is -0.341 e. The summed E-state index contributed by atoms with van der Waals surface area (Å²) >= 11 is 6.67. The molecule has 0 radical (unpaired) electrons. The van der Waals surface area contributed by atoms with Crippen molar-refractivity contribution in [3.05, 3.63) is 75.3 Å². The lowest BCUT2D eigenvalue weighted by atomic mass is 10.2. The van der Waals surface area contributed by atoms with Crippen molar-refractivity contribution < 1.29 is 4.79 Å². The Labute approximate surface area is 179 Å². The van der Waals surface area contributed by atoms with Crippen molar-refractivity contribution in [1.29, 1.82) is 0 Å². The Morgan fingerprint density at radius 2 is 2.04 bits per heavy atom. The number of hydrogen-bond donors (Lipinski definition) is 0. The number of para-hydroxylation sites is 1. The third-order valence-corrected chi connectivity index (χ3v) is 6.92. The number of rotatable bonds is 6. The number of likely N-dealkylation sites (N-methyl/N-ethyl adjacent to an activating group) is 1. The fourth-order valence-electron chi connectivity index (χ4n) is 2.74. The molecule has 3 heterocycles. The third kappa shape index (κ3) is 4.40. The molecule has 0 N–H and O–H groups in total. The second-order valence-corrected chi connectivity index (χ2v) is 9.01. The second-order valence-electron chi connectivity index (χ2n) is 6.33. The van der Waals surface area contributed by atoms with E-state index < -0.39 is 0 Å². The maximum Gasteiger partial charge on any atom is 0.228 e. The molecule has 142 valence electrons. The number of carbonyl (C=O) groups excluding carboxylic acids is 1. The van der Waals surface area contributed by atoms with Crippen molar-refractivity contribution in [2.75, 3.05) is 7.05 Å². The molecule has 0 aliphatic carbocycles. The number of benzene rings is 1. The largest absolute Gasteiger partial charge is 0.341 e. The highest BCUT2D eigenvalue weighted by Gasteiger charge is 2.15. The molecule has 1 aromatic carbocycles. The van der Waals surface area contributed by atoms with Crippen LogP contribution in [-0.2, 0) is 17.8 Å². The first kappa shape index (κ1) is 19.0. The monoisotopic (exact) mass is 472 g/mol. The Kier molecular flexibility index (Phi) is 5.70. The molecule has 0 saturated carbocycles. The van der Waals surface area contributed by atoms with Gasteiger partial charge in [0.25, 0.3) is 0 Å². The predicted octanol–water partition coefficient (Wildman–Crippen LogP) is 5.02. The Morgan fingerprint density at radius 1 is 1.21 bits per heavy atom. The maximum absolute atomic E-state index is 12.6. The minimum atomic E-state index is 0.0386. The molecule has 4 rings (SSSR count). The second kappa shape index (κ2) is 8.38. The summed E-state index contributed by atoms with van der Waals surface area (Å²) in [4.78, 5) is 20.0. The molecule has 1 amide bonds. The molecule has 0 aliphatic rings.